The summed E-state index contributed by atoms with van der Waals surface area (Å²) in [6.07, 6.45) is 2.61. The first-order chi connectivity index (χ1) is 6.36. The summed E-state index contributed by atoms with van der Waals surface area (Å²) in [5, 5.41) is 3.84. The molecule has 2 nitrogen and oxygen atoms in total. The second-order valence-electron chi connectivity index (χ2n) is 3.09. The van der Waals surface area contributed by atoms with Crippen LogP contribution in [0.5, 0.6) is 0 Å². The fourth-order valence-corrected chi connectivity index (χ4v) is 1.30. The third-order valence-electron chi connectivity index (χ3n) is 2.09. The number of benzene rings is 1. The SMILES string of the molecule is Cc1nocc1Cc1ccccc1. The van der Waals surface area contributed by atoms with E-state index in [0.29, 0.717) is 0 Å². The number of nitrogens with zero attached hydrogens (tertiary/aromatic N) is 1. The largest absolute Gasteiger partial charge is 0.364 e. The summed E-state index contributed by atoms with van der Waals surface area (Å²) in [6, 6.07) is 10.3. The van der Waals surface area contributed by atoms with Crippen LogP contribution in [0.1, 0.15) is 16.8 Å². The Morgan fingerprint density at radius 2 is 2.00 bits per heavy atom. The van der Waals surface area contributed by atoms with E-state index in [-0.39, 0.29) is 0 Å². The van der Waals surface area contributed by atoms with Crippen molar-refractivity contribution in [1.29, 1.82) is 0 Å². The molecule has 0 saturated carbocycles. The van der Waals surface area contributed by atoms with Crippen molar-refractivity contribution in [2.24, 2.45) is 0 Å². The number of hydrogen-bond acceptors (Lipinski definition) is 2. The molecular formula is C11H11NO. The van der Waals surface area contributed by atoms with Crippen molar-refractivity contribution in [3.8, 4) is 0 Å². The lowest BCUT2D eigenvalue weighted by molar-refractivity contribution is 0.414. The maximum absolute atomic E-state index is 4.87. The number of hydrogen-bond donors (Lipinski definition) is 0. The molecule has 0 unspecified atom stereocenters. The molecule has 1 aromatic heterocycles. The molecule has 0 aliphatic rings. The van der Waals surface area contributed by atoms with E-state index in [1.54, 1.807) is 6.26 Å². The summed E-state index contributed by atoms with van der Waals surface area (Å²) >= 11 is 0. The zero-order valence-electron chi connectivity index (χ0n) is 7.53. The van der Waals surface area contributed by atoms with Gasteiger partial charge in [-0.05, 0) is 12.5 Å². The van der Waals surface area contributed by atoms with Crippen LogP contribution in [0, 0.1) is 6.92 Å². The van der Waals surface area contributed by atoms with Crippen molar-refractivity contribution < 1.29 is 4.52 Å². The molecule has 1 heterocycles. The minimum absolute atomic E-state index is 0.899. The van der Waals surface area contributed by atoms with Gasteiger partial charge in [0.25, 0.3) is 0 Å². The first-order valence-electron chi connectivity index (χ1n) is 4.30. The Morgan fingerprint density at radius 1 is 1.23 bits per heavy atom. The monoisotopic (exact) mass is 173 g/mol. The second kappa shape index (κ2) is 3.44. The molecular weight excluding hydrogens is 162 g/mol. The smallest absolute Gasteiger partial charge is 0.127 e. The van der Waals surface area contributed by atoms with Crippen molar-refractivity contribution in [3.05, 3.63) is 53.4 Å². The molecule has 2 rings (SSSR count). The third-order valence-corrected chi connectivity index (χ3v) is 2.09. The normalized spacial score (nSPS) is 10.2. The van der Waals surface area contributed by atoms with E-state index in [2.05, 4.69) is 17.3 Å². The van der Waals surface area contributed by atoms with Gasteiger partial charge in [0.05, 0.1) is 5.69 Å². The van der Waals surface area contributed by atoms with Gasteiger partial charge in [-0.15, -0.1) is 0 Å². The minimum atomic E-state index is 0.899. The van der Waals surface area contributed by atoms with Gasteiger partial charge < -0.3 is 4.52 Å². The Labute approximate surface area is 77.2 Å². The summed E-state index contributed by atoms with van der Waals surface area (Å²) < 4.78 is 4.87. The number of aromatic nitrogens is 1. The van der Waals surface area contributed by atoms with E-state index in [4.69, 9.17) is 4.52 Å². The molecule has 0 radical (unpaired) electrons. The van der Waals surface area contributed by atoms with Gasteiger partial charge in [-0.1, -0.05) is 35.5 Å². The topological polar surface area (TPSA) is 26.0 Å². The van der Waals surface area contributed by atoms with Crippen LogP contribution in [-0.4, -0.2) is 5.16 Å². The van der Waals surface area contributed by atoms with E-state index >= 15 is 0 Å². The molecule has 0 aliphatic heterocycles. The summed E-state index contributed by atoms with van der Waals surface area (Å²) in [4.78, 5) is 0. The van der Waals surface area contributed by atoms with Crippen LogP contribution in [0.25, 0.3) is 0 Å². The zero-order valence-corrected chi connectivity index (χ0v) is 7.53. The fourth-order valence-electron chi connectivity index (χ4n) is 1.30. The van der Waals surface area contributed by atoms with E-state index < -0.39 is 0 Å². The van der Waals surface area contributed by atoms with Gasteiger partial charge in [0.15, 0.2) is 0 Å². The van der Waals surface area contributed by atoms with Gasteiger partial charge in [0, 0.05) is 12.0 Å². The standard InChI is InChI=1S/C11H11NO/c1-9-11(8-13-12-9)7-10-5-3-2-4-6-10/h2-6,8H,7H2,1H3. The highest BCUT2D eigenvalue weighted by Crippen LogP contribution is 2.11. The lowest BCUT2D eigenvalue weighted by Gasteiger charge is -1.97. The molecule has 1 aromatic carbocycles. The molecule has 0 amide bonds. The van der Waals surface area contributed by atoms with Gasteiger partial charge in [-0.3, -0.25) is 0 Å². The highest BCUT2D eigenvalue weighted by molar-refractivity contribution is 5.25. The quantitative estimate of drug-likeness (QED) is 0.697. The maximum Gasteiger partial charge on any atom is 0.127 e. The van der Waals surface area contributed by atoms with Crippen molar-refractivity contribution in [2.45, 2.75) is 13.3 Å². The Kier molecular flexibility index (Phi) is 2.13. The zero-order chi connectivity index (χ0) is 9.10. The van der Waals surface area contributed by atoms with E-state index in [1.807, 2.05) is 25.1 Å². The Hall–Kier alpha value is -1.57. The average Bonchev–Trinajstić information content (AvgIpc) is 2.54. The van der Waals surface area contributed by atoms with Gasteiger partial charge in [-0.25, -0.2) is 0 Å². The van der Waals surface area contributed by atoms with Crippen LogP contribution in [0.15, 0.2) is 41.1 Å². The molecule has 0 spiro atoms. The second-order valence-corrected chi connectivity index (χ2v) is 3.09. The van der Waals surface area contributed by atoms with Crippen LogP contribution in [0.3, 0.4) is 0 Å². The molecule has 66 valence electrons. The lowest BCUT2D eigenvalue weighted by Crippen LogP contribution is -1.87. The van der Waals surface area contributed by atoms with E-state index in [9.17, 15) is 0 Å². The fraction of sp³-hybridized carbons (Fsp3) is 0.182. The number of aryl methyl sites for hydroxylation is 1. The summed E-state index contributed by atoms with van der Waals surface area (Å²) in [6.45, 7) is 1.96. The molecule has 0 bridgehead atoms. The van der Waals surface area contributed by atoms with Crippen LogP contribution < -0.4 is 0 Å². The van der Waals surface area contributed by atoms with Crippen molar-refractivity contribution in [3.63, 3.8) is 0 Å². The first-order valence-corrected chi connectivity index (χ1v) is 4.30. The molecule has 0 aliphatic carbocycles. The highest BCUT2D eigenvalue weighted by atomic mass is 16.5. The van der Waals surface area contributed by atoms with Crippen LogP contribution >= 0.6 is 0 Å². The number of rotatable bonds is 2. The maximum atomic E-state index is 4.87. The Bertz CT molecular complexity index is 378. The average molecular weight is 173 g/mol. The predicted molar refractivity (Wildman–Crippen MR) is 50.5 cm³/mol. The third kappa shape index (κ3) is 1.78. The molecule has 0 atom stereocenters. The molecule has 2 heteroatoms. The van der Waals surface area contributed by atoms with Gasteiger partial charge in [-0.2, -0.15) is 0 Å². The molecule has 0 N–H and O–H groups in total. The van der Waals surface area contributed by atoms with Crippen molar-refractivity contribution in [2.75, 3.05) is 0 Å². The highest BCUT2D eigenvalue weighted by Gasteiger charge is 2.02. The van der Waals surface area contributed by atoms with Gasteiger partial charge >= 0.3 is 0 Å². The summed E-state index contributed by atoms with van der Waals surface area (Å²) in [5.74, 6) is 0. The van der Waals surface area contributed by atoms with E-state index in [1.165, 1.54) is 5.56 Å². The van der Waals surface area contributed by atoms with Crippen molar-refractivity contribution >= 4 is 0 Å². The van der Waals surface area contributed by atoms with Gasteiger partial charge in [0.1, 0.15) is 6.26 Å². The molecule has 13 heavy (non-hydrogen) atoms. The van der Waals surface area contributed by atoms with Gasteiger partial charge in [0.2, 0.25) is 0 Å². The summed E-state index contributed by atoms with van der Waals surface area (Å²) in [7, 11) is 0. The molecule has 0 saturated heterocycles. The molecule has 0 fully saturated rings. The Balaban J connectivity index is 2.20. The van der Waals surface area contributed by atoms with Crippen molar-refractivity contribution in [1.82, 2.24) is 5.16 Å². The predicted octanol–water partition coefficient (Wildman–Crippen LogP) is 2.57. The van der Waals surface area contributed by atoms with Crippen LogP contribution in [0.4, 0.5) is 0 Å². The van der Waals surface area contributed by atoms with E-state index in [0.717, 1.165) is 17.7 Å². The van der Waals surface area contributed by atoms with Crippen LogP contribution in [0.2, 0.25) is 0 Å². The lowest BCUT2D eigenvalue weighted by atomic mass is 10.1. The minimum Gasteiger partial charge on any atom is -0.364 e. The van der Waals surface area contributed by atoms with Crippen LogP contribution in [-0.2, 0) is 6.42 Å². The Morgan fingerprint density at radius 3 is 2.62 bits per heavy atom. The first kappa shape index (κ1) is 8.05. The molecule has 2 aromatic rings. The summed E-state index contributed by atoms with van der Waals surface area (Å²) in [5.41, 5.74) is 3.42.